The lowest BCUT2D eigenvalue weighted by Crippen LogP contribution is -2.32. The van der Waals surface area contributed by atoms with E-state index in [2.05, 4.69) is 4.74 Å². The molecule has 0 aromatic heterocycles. The van der Waals surface area contributed by atoms with Crippen LogP contribution in [-0.4, -0.2) is 35.2 Å². The van der Waals surface area contributed by atoms with Crippen molar-refractivity contribution < 1.29 is 29.0 Å². The van der Waals surface area contributed by atoms with Crippen LogP contribution in [0.15, 0.2) is 0 Å². The highest BCUT2D eigenvalue weighted by molar-refractivity contribution is 5.83. The molecule has 17 heavy (non-hydrogen) atoms. The molecule has 0 aromatic rings. The summed E-state index contributed by atoms with van der Waals surface area (Å²) >= 11 is 0. The van der Waals surface area contributed by atoms with Gasteiger partial charge < -0.3 is 14.6 Å². The van der Waals surface area contributed by atoms with Crippen molar-refractivity contribution in [2.75, 3.05) is 0 Å². The van der Waals surface area contributed by atoms with Crippen LogP contribution < -0.4 is 0 Å². The van der Waals surface area contributed by atoms with Crippen LogP contribution in [0.2, 0.25) is 0 Å². The number of esters is 2. The minimum atomic E-state index is -1.37. The molecule has 0 aliphatic heterocycles. The van der Waals surface area contributed by atoms with Gasteiger partial charge in [-0.2, -0.15) is 0 Å². The van der Waals surface area contributed by atoms with Crippen LogP contribution in [-0.2, 0) is 23.9 Å². The molecule has 1 N–H and O–H groups in total. The van der Waals surface area contributed by atoms with E-state index in [4.69, 9.17) is 9.84 Å². The maximum atomic E-state index is 11.5. The molecule has 0 saturated carbocycles. The third-order valence-electron chi connectivity index (χ3n) is 1.94. The smallest absolute Gasteiger partial charge is 0.348 e. The Balaban J connectivity index is 4.40. The van der Waals surface area contributed by atoms with Crippen molar-refractivity contribution in [3.8, 4) is 0 Å². The van der Waals surface area contributed by atoms with Crippen molar-refractivity contribution in [3.63, 3.8) is 0 Å². The summed E-state index contributed by atoms with van der Waals surface area (Å²) in [5, 5.41) is 8.58. The molecular weight excluding hydrogens is 228 g/mol. The third kappa shape index (κ3) is 7.32. The highest BCUT2D eigenvalue weighted by Crippen LogP contribution is 2.08. The molecule has 0 bridgehead atoms. The van der Waals surface area contributed by atoms with E-state index < -0.39 is 30.4 Å². The predicted octanol–water partition coefficient (Wildman–Crippen LogP) is 1.12. The summed E-state index contributed by atoms with van der Waals surface area (Å²) in [5.74, 6) is -2.75. The standard InChI is InChI=1S/C11H18O6/c1-4-5-7(2)16-11(15)9(6-10(13)14)17-8(3)12/h7,9H,4-6H2,1-3H3,(H,13,14). The van der Waals surface area contributed by atoms with E-state index in [1.807, 2.05) is 6.92 Å². The number of hydrogen-bond acceptors (Lipinski definition) is 5. The van der Waals surface area contributed by atoms with Gasteiger partial charge in [-0.3, -0.25) is 9.59 Å². The van der Waals surface area contributed by atoms with Crippen LogP contribution in [0, 0.1) is 0 Å². The van der Waals surface area contributed by atoms with E-state index in [9.17, 15) is 14.4 Å². The second-order valence-corrected chi connectivity index (χ2v) is 3.73. The SMILES string of the molecule is CCCC(C)OC(=O)C(CC(=O)O)OC(C)=O. The van der Waals surface area contributed by atoms with Gasteiger partial charge in [0.05, 0.1) is 12.5 Å². The van der Waals surface area contributed by atoms with E-state index in [0.29, 0.717) is 6.42 Å². The molecule has 0 spiro atoms. The van der Waals surface area contributed by atoms with Crippen molar-refractivity contribution in [1.82, 2.24) is 0 Å². The second kappa shape index (κ2) is 7.65. The summed E-state index contributed by atoms with van der Waals surface area (Å²) in [6, 6.07) is 0. The van der Waals surface area contributed by atoms with Crippen LogP contribution in [0.3, 0.4) is 0 Å². The number of carboxylic acids is 1. The van der Waals surface area contributed by atoms with Gasteiger partial charge in [0, 0.05) is 6.92 Å². The van der Waals surface area contributed by atoms with Gasteiger partial charge in [-0.25, -0.2) is 4.79 Å². The second-order valence-electron chi connectivity index (χ2n) is 3.73. The first-order valence-corrected chi connectivity index (χ1v) is 5.46. The Morgan fingerprint density at radius 2 is 1.82 bits per heavy atom. The van der Waals surface area contributed by atoms with Crippen LogP contribution in [0.1, 0.15) is 40.0 Å². The maximum absolute atomic E-state index is 11.5. The summed E-state index contributed by atoms with van der Waals surface area (Å²) in [6.07, 6.45) is -0.766. The average Bonchev–Trinajstić information content (AvgIpc) is 2.15. The van der Waals surface area contributed by atoms with Gasteiger partial charge in [-0.05, 0) is 13.3 Å². The van der Waals surface area contributed by atoms with E-state index >= 15 is 0 Å². The number of aliphatic carboxylic acids is 1. The average molecular weight is 246 g/mol. The number of hydrogen-bond donors (Lipinski definition) is 1. The van der Waals surface area contributed by atoms with Crippen molar-refractivity contribution in [3.05, 3.63) is 0 Å². The topological polar surface area (TPSA) is 89.9 Å². The van der Waals surface area contributed by atoms with Gasteiger partial charge in [0.2, 0.25) is 6.10 Å². The Bertz CT molecular complexity index is 270. The minimum absolute atomic E-state index is 0.320. The lowest BCUT2D eigenvalue weighted by Gasteiger charge is -2.17. The van der Waals surface area contributed by atoms with Crippen molar-refractivity contribution in [1.29, 1.82) is 0 Å². The largest absolute Gasteiger partial charge is 0.481 e. The maximum Gasteiger partial charge on any atom is 0.348 e. The first-order valence-electron chi connectivity index (χ1n) is 5.46. The zero-order valence-electron chi connectivity index (χ0n) is 10.3. The van der Waals surface area contributed by atoms with Gasteiger partial charge in [0.1, 0.15) is 0 Å². The molecule has 0 radical (unpaired) electrons. The molecule has 2 atom stereocenters. The fourth-order valence-electron chi connectivity index (χ4n) is 1.27. The fraction of sp³-hybridized carbons (Fsp3) is 0.727. The summed E-state index contributed by atoms with van der Waals surface area (Å²) in [5.41, 5.74) is 0. The minimum Gasteiger partial charge on any atom is -0.481 e. The van der Waals surface area contributed by atoms with Crippen LogP contribution in [0.4, 0.5) is 0 Å². The van der Waals surface area contributed by atoms with Crippen LogP contribution >= 0.6 is 0 Å². The van der Waals surface area contributed by atoms with Crippen molar-refractivity contribution >= 4 is 17.9 Å². The van der Waals surface area contributed by atoms with Gasteiger partial charge in [-0.15, -0.1) is 0 Å². The van der Waals surface area contributed by atoms with Gasteiger partial charge in [0.15, 0.2) is 0 Å². The van der Waals surface area contributed by atoms with Gasteiger partial charge in [-0.1, -0.05) is 13.3 Å². The van der Waals surface area contributed by atoms with E-state index in [1.165, 1.54) is 0 Å². The lowest BCUT2D eigenvalue weighted by atomic mass is 10.2. The summed E-state index contributed by atoms with van der Waals surface area (Å²) in [4.78, 5) is 32.8. The highest BCUT2D eigenvalue weighted by atomic mass is 16.6. The molecule has 0 aliphatic rings. The Morgan fingerprint density at radius 3 is 2.24 bits per heavy atom. The quantitative estimate of drug-likeness (QED) is 0.677. The molecule has 6 heteroatoms. The molecule has 0 aromatic carbocycles. The number of carbonyl (C=O) groups excluding carboxylic acids is 2. The number of carbonyl (C=O) groups is 3. The zero-order valence-corrected chi connectivity index (χ0v) is 10.3. The molecule has 98 valence electrons. The third-order valence-corrected chi connectivity index (χ3v) is 1.94. The number of ether oxygens (including phenoxy) is 2. The molecule has 0 heterocycles. The summed E-state index contributed by atoms with van der Waals surface area (Å²) in [7, 11) is 0. The molecule has 0 rings (SSSR count). The molecular formula is C11H18O6. The molecule has 0 fully saturated rings. The van der Waals surface area contributed by atoms with Crippen LogP contribution in [0.25, 0.3) is 0 Å². The van der Waals surface area contributed by atoms with Crippen molar-refractivity contribution in [2.45, 2.75) is 52.2 Å². The van der Waals surface area contributed by atoms with E-state index in [1.54, 1.807) is 6.92 Å². The molecule has 0 amide bonds. The van der Waals surface area contributed by atoms with E-state index in [-0.39, 0.29) is 6.10 Å². The fourth-order valence-corrected chi connectivity index (χ4v) is 1.27. The Morgan fingerprint density at radius 1 is 1.24 bits per heavy atom. The lowest BCUT2D eigenvalue weighted by molar-refractivity contribution is -0.173. The first kappa shape index (κ1) is 15.4. The normalized spacial score (nSPS) is 13.6. The summed E-state index contributed by atoms with van der Waals surface area (Å²) < 4.78 is 9.58. The van der Waals surface area contributed by atoms with E-state index in [0.717, 1.165) is 13.3 Å². The monoisotopic (exact) mass is 246 g/mol. The number of rotatable bonds is 7. The number of carboxylic acid groups (broad SMARTS) is 1. The molecule has 6 nitrogen and oxygen atoms in total. The van der Waals surface area contributed by atoms with Gasteiger partial charge >= 0.3 is 17.9 Å². The molecule has 0 saturated heterocycles. The summed E-state index contributed by atoms with van der Waals surface area (Å²) in [6.45, 7) is 4.75. The zero-order chi connectivity index (χ0) is 13.4. The molecule has 2 unspecified atom stereocenters. The molecule has 0 aliphatic carbocycles. The highest BCUT2D eigenvalue weighted by Gasteiger charge is 2.27. The first-order chi connectivity index (χ1) is 7.86. The Hall–Kier alpha value is -1.59. The Kier molecular flexibility index (Phi) is 6.93. The Labute approximate surface area is 99.9 Å². The predicted molar refractivity (Wildman–Crippen MR) is 58.3 cm³/mol. The van der Waals surface area contributed by atoms with Crippen LogP contribution in [0.5, 0.6) is 0 Å². The van der Waals surface area contributed by atoms with Crippen molar-refractivity contribution in [2.24, 2.45) is 0 Å². The van der Waals surface area contributed by atoms with Gasteiger partial charge in [0.25, 0.3) is 0 Å².